The van der Waals surface area contributed by atoms with Gasteiger partial charge in [0, 0.05) is 17.1 Å². The zero-order valence-corrected chi connectivity index (χ0v) is 11.4. The lowest BCUT2D eigenvalue weighted by atomic mass is 10.0. The van der Waals surface area contributed by atoms with Gasteiger partial charge in [0.2, 0.25) is 0 Å². The van der Waals surface area contributed by atoms with E-state index in [0.717, 1.165) is 36.3 Å². The number of benzene rings is 2. The van der Waals surface area contributed by atoms with E-state index in [1.165, 1.54) is 5.70 Å². The number of allylic oxidation sites excluding steroid dienone is 2. The first-order chi connectivity index (χ1) is 9.90. The maximum Gasteiger partial charge on any atom is 0.0632 e. The highest BCUT2D eigenvalue weighted by Gasteiger charge is 2.08. The predicted molar refractivity (Wildman–Crippen MR) is 85.5 cm³/mol. The van der Waals surface area contributed by atoms with Gasteiger partial charge in [-0.15, -0.1) is 0 Å². The first kappa shape index (κ1) is 12.7. The SMILES string of the molecule is C1=C(Nc2ccccc2)CCCC1=Nc1ccccc1. The van der Waals surface area contributed by atoms with Gasteiger partial charge in [0.1, 0.15) is 0 Å². The van der Waals surface area contributed by atoms with Crippen molar-refractivity contribution in [1.82, 2.24) is 0 Å². The summed E-state index contributed by atoms with van der Waals surface area (Å²) in [7, 11) is 0. The molecule has 0 amide bonds. The van der Waals surface area contributed by atoms with Crippen LogP contribution < -0.4 is 5.32 Å². The van der Waals surface area contributed by atoms with Gasteiger partial charge >= 0.3 is 0 Å². The average molecular weight is 262 g/mol. The molecule has 0 fully saturated rings. The van der Waals surface area contributed by atoms with E-state index in [1.54, 1.807) is 0 Å². The Balaban J connectivity index is 1.78. The van der Waals surface area contributed by atoms with Crippen molar-refractivity contribution in [2.45, 2.75) is 19.3 Å². The fourth-order valence-electron chi connectivity index (χ4n) is 2.37. The van der Waals surface area contributed by atoms with Gasteiger partial charge in [-0.25, -0.2) is 0 Å². The molecule has 0 aromatic heterocycles. The fraction of sp³-hybridized carbons (Fsp3) is 0.167. The van der Waals surface area contributed by atoms with E-state index in [-0.39, 0.29) is 0 Å². The lowest BCUT2D eigenvalue weighted by Crippen LogP contribution is -2.09. The second-order valence-corrected chi connectivity index (χ2v) is 4.95. The van der Waals surface area contributed by atoms with Crippen molar-refractivity contribution in [2.24, 2.45) is 4.99 Å². The molecule has 2 aromatic rings. The van der Waals surface area contributed by atoms with Crippen LogP contribution in [-0.2, 0) is 0 Å². The number of anilines is 1. The van der Waals surface area contributed by atoms with E-state index >= 15 is 0 Å². The second kappa shape index (κ2) is 6.20. The molecular weight excluding hydrogens is 244 g/mol. The summed E-state index contributed by atoms with van der Waals surface area (Å²) in [4.78, 5) is 4.71. The van der Waals surface area contributed by atoms with E-state index < -0.39 is 0 Å². The first-order valence-corrected chi connectivity index (χ1v) is 7.05. The van der Waals surface area contributed by atoms with Gasteiger partial charge in [-0.1, -0.05) is 36.4 Å². The van der Waals surface area contributed by atoms with Crippen molar-refractivity contribution in [3.05, 3.63) is 72.4 Å². The lowest BCUT2D eigenvalue weighted by Gasteiger charge is -2.16. The monoisotopic (exact) mass is 262 g/mol. The smallest absolute Gasteiger partial charge is 0.0632 e. The number of nitrogens with zero attached hydrogens (tertiary/aromatic N) is 1. The minimum atomic E-state index is 1.03. The van der Waals surface area contributed by atoms with Crippen LogP contribution in [0.4, 0.5) is 11.4 Å². The van der Waals surface area contributed by atoms with Crippen molar-refractivity contribution in [3.8, 4) is 0 Å². The Kier molecular flexibility index (Phi) is 3.93. The molecule has 0 aliphatic heterocycles. The average Bonchev–Trinajstić information content (AvgIpc) is 2.50. The van der Waals surface area contributed by atoms with E-state index in [4.69, 9.17) is 4.99 Å². The lowest BCUT2D eigenvalue weighted by molar-refractivity contribution is 0.839. The van der Waals surface area contributed by atoms with Gasteiger partial charge in [-0.2, -0.15) is 0 Å². The van der Waals surface area contributed by atoms with Crippen LogP contribution in [-0.4, -0.2) is 5.71 Å². The molecule has 0 atom stereocenters. The van der Waals surface area contributed by atoms with Crippen molar-refractivity contribution in [3.63, 3.8) is 0 Å². The van der Waals surface area contributed by atoms with Crippen LogP contribution in [0.3, 0.4) is 0 Å². The van der Waals surface area contributed by atoms with Gasteiger partial charge < -0.3 is 5.32 Å². The van der Waals surface area contributed by atoms with Crippen LogP contribution >= 0.6 is 0 Å². The number of rotatable bonds is 3. The van der Waals surface area contributed by atoms with Gasteiger partial charge in [-0.05, 0) is 49.6 Å². The molecule has 100 valence electrons. The minimum Gasteiger partial charge on any atom is -0.359 e. The van der Waals surface area contributed by atoms with Crippen LogP contribution in [0.2, 0.25) is 0 Å². The topological polar surface area (TPSA) is 24.4 Å². The molecule has 3 rings (SSSR count). The van der Waals surface area contributed by atoms with Crippen LogP contribution in [0.15, 0.2) is 77.4 Å². The molecule has 0 unspecified atom stereocenters. The summed E-state index contributed by atoms with van der Waals surface area (Å²) in [6.45, 7) is 0. The molecule has 2 aromatic carbocycles. The molecule has 1 N–H and O–H groups in total. The number of hydrogen-bond acceptors (Lipinski definition) is 2. The van der Waals surface area contributed by atoms with Gasteiger partial charge in [-0.3, -0.25) is 4.99 Å². The molecule has 2 nitrogen and oxygen atoms in total. The summed E-state index contributed by atoms with van der Waals surface area (Å²) < 4.78 is 0. The number of hydrogen-bond donors (Lipinski definition) is 1. The third kappa shape index (κ3) is 3.35. The van der Waals surface area contributed by atoms with Crippen LogP contribution in [0.1, 0.15) is 19.3 Å². The molecule has 0 bridgehead atoms. The van der Waals surface area contributed by atoms with Crippen molar-refractivity contribution in [1.29, 1.82) is 0 Å². The van der Waals surface area contributed by atoms with Crippen molar-refractivity contribution >= 4 is 17.1 Å². The summed E-state index contributed by atoms with van der Waals surface area (Å²) >= 11 is 0. The standard InChI is InChI=1S/C18H18N2/c1-3-8-15(9-4-1)19-17-12-7-13-18(14-17)20-16-10-5-2-6-11-16/h1-6,8-11,14,19H,7,12-13H2. The van der Waals surface area contributed by atoms with E-state index in [0.29, 0.717) is 0 Å². The summed E-state index contributed by atoms with van der Waals surface area (Å²) in [5.74, 6) is 0. The van der Waals surface area contributed by atoms with Crippen LogP contribution in [0.5, 0.6) is 0 Å². The van der Waals surface area contributed by atoms with Gasteiger partial charge in [0.15, 0.2) is 0 Å². The number of nitrogens with one attached hydrogen (secondary N) is 1. The summed E-state index contributed by atoms with van der Waals surface area (Å²) in [5, 5.41) is 3.48. The molecule has 1 aliphatic rings. The van der Waals surface area contributed by atoms with Gasteiger partial charge in [0.25, 0.3) is 0 Å². The predicted octanol–water partition coefficient (Wildman–Crippen LogP) is 4.94. The molecule has 0 radical (unpaired) electrons. The Morgan fingerprint density at radius 2 is 1.50 bits per heavy atom. The van der Waals surface area contributed by atoms with Crippen molar-refractivity contribution < 1.29 is 0 Å². The third-order valence-corrected chi connectivity index (χ3v) is 3.33. The normalized spacial score (nSPS) is 16.8. The molecule has 20 heavy (non-hydrogen) atoms. The Morgan fingerprint density at radius 1 is 0.800 bits per heavy atom. The summed E-state index contributed by atoms with van der Waals surface area (Å²) in [5.41, 5.74) is 4.57. The molecule has 2 heteroatoms. The van der Waals surface area contributed by atoms with E-state index in [9.17, 15) is 0 Å². The maximum absolute atomic E-state index is 4.71. The fourth-order valence-corrected chi connectivity index (χ4v) is 2.37. The van der Waals surface area contributed by atoms with E-state index in [2.05, 4.69) is 23.5 Å². The Bertz CT molecular complexity index is 612. The third-order valence-electron chi connectivity index (χ3n) is 3.33. The van der Waals surface area contributed by atoms with Crippen LogP contribution in [0.25, 0.3) is 0 Å². The molecule has 0 spiro atoms. The van der Waals surface area contributed by atoms with Crippen LogP contribution in [0, 0.1) is 0 Å². The summed E-state index contributed by atoms with van der Waals surface area (Å²) in [6, 6.07) is 20.4. The van der Waals surface area contributed by atoms with Crippen molar-refractivity contribution in [2.75, 3.05) is 5.32 Å². The number of aliphatic imine (C=N–C) groups is 1. The first-order valence-electron chi connectivity index (χ1n) is 7.05. The highest BCUT2D eigenvalue weighted by molar-refractivity contribution is 5.98. The summed E-state index contributed by atoms with van der Waals surface area (Å²) in [6.07, 6.45) is 5.47. The molecule has 0 saturated heterocycles. The highest BCUT2D eigenvalue weighted by Crippen LogP contribution is 2.21. The Labute approximate surface area is 119 Å². The quantitative estimate of drug-likeness (QED) is 0.832. The van der Waals surface area contributed by atoms with E-state index in [1.807, 2.05) is 48.5 Å². The zero-order chi connectivity index (χ0) is 13.6. The number of para-hydroxylation sites is 2. The molecule has 1 aliphatic carbocycles. The molecule has 0 heterocycles. The Hall–Kier alpha value is -2.35. The second-order valence-electron chi connectivity index (χ2n) is 4.95. The zero-order valence-electron chi connectivity index (χ0n) is 11.4. The maximum atomic E-state index is 4.71. The minimum absolute atomic E-state index is 1.03. The Morgan fingerprint density at radius 3 is 2.25 bits per heavy atom. The molecular formula is C18H18N2. The van der Waals surface area contributed by atoms with Gasteiger partial charge in [0.05, 0.1) is 5.69 Å². The highest BCUT2D eigenvalue weighted by atomic mass is 14.9. The largest absolute Gasteiger partial charge is 0.359 e. The molecule has 0 saturated carbocycles.